The van der Waals surface area contributed by atoms with Crippen molar-refractivity contribution in [3.8, 4) is 0 Å². The zero-order valence-electron chi connectivity index (χ0n) is 8.80. The van der Waals surface area contributed by atoms with Crippen LogP contribution in [0.3, 0.4) is 0 Å². The lowest BCUT2D eigenvalue weighted by atomic mass is 10.0. The lowest BCUT2D eigenvalue weighted by molar-refractivity contribution is 0.503. The molecular formula is C10H15N5. The van der Waals surface area contributed by atoms with Gasteiger partial charge in [0, 0.05) is 18.8 Å². The summed E-state index contributed by atoms with van der Waals surface area (Å²) in [6.45, 7) is 2.82. The Labute approximate surface area is 88.3 Å². The first-order valence-electron chi connectivity index (χ1n) is 5.19. The topological polar surface area (TPSA) is 69.1 Å². The van der Waals surface area contributed by atoms with Gasteiger partial charge in [-0.2, -0.15) is 0 Å². The Morgan fingerprint density at radius 1 is 1.47 bits per heavy atom. The van der Waals surface area contributed by atoms with Crippen molar-refractivity contribution in [2.45, 2.75) is 19.8 Å². The van der Waals surface area contributed by atoms with Crippen molar-refractivity contribution in [3.63, 3.8) is 0 Å². The third-order valence-electron chi connectivity index (χ3n) is 2.64. The third kappa shape index (κ3) is 1.97. The Balaban J connectivity index is 2.28. The average Bonchev–Trinajstić information content (AvgIpc) is 2.69. The summed E-state index contributed by atoms with van der Waals surface area (Å²) < 4.78 is 1.92. The number of aromatic nitrogens is 4. The summed E-state index contributed by atoms with van der Waals surface area (Å²) in [5.41, 5.74) is 5.67. The Morgan fingerprint density at radius 3 is 3.07 bits per heavy atom. The molecule has 0 aliphatic heterocycles. The van der Waals surface area contributed by atoms with Crippen LogP contribution in [-0.2, 0) is 6.42 Å². The molecule has 2 N–H and O–H groups in total. The quantitative estimate of drug-likeness (QED) is 0.795. The van der Waals surface area contributed by atoms with E-state index in [1.807, 2.05) is 16.7 Å². The summed E-state index contributed by atoms with van der Waals surface area (Å²) in [6.07, 6.45) is 5.57. The SMILES string of the molecule is CCC(CN)Cc1nnc2ncccn12. The number of fused-ring (bicyclic) bond motifs is 1. The minimum atomic E-state index is 0.470. The van der Waals surface area contributed by atoms with Crippen LogP contribution in [0.5, 0.6) is 0 Å². The lowest BCUT2D eigenvalue weighted by Crippen LogP contribution is -2.17. The number of nitrogens with zero attached hydrogens (tertiary/aromatic N) is 4. The molecule has 0 radical (unpaired) electrons. The normalized spacial score (nSPS) is 13.2. The highest BCUT2D eigenvalue weighted by Crippen LogP contribution is 2.09. The van der Waals surface area contributed by atoms with E-state index in [0.29, 0.717) is 18.2 Å². The second kappa shape index (κ2) is 4.35. The van der Waals surface area contributed by atoms with Crippen molar-refractivity contribution in [1.29, 1.82) is 0 Å². The number of hydrogen-bond donors (Lipinski definition) is 1. The van der Waals surface area contributed by atoms with Crippen molar-refractivity contribution >= 4 is 5.78 Å². The van der Waals surface area contributed by atoms with Gasteiger partial charge in [-0.05, 0) is 18.5 Å². The monoisotopic (exact) mass is 205 g/mol. The van der Waals surface area contributed by atoms with Crippen LogP contribution in [0.15, 0.2) is 18.5 Å². The lowest BCUT2D eigenvalue weighted by Gasteiger charge is -2.09. The Morgan fingerprint density at radius 2 is 2.33 bits per heavy atom. The Hall–Kier alpha value is -1.49. The minimum Gasteiger partial charge on any atom is -0.330 e. The molecule has 5 nitrogen and oxygen atoms in total. The van der Waals surface area contributed by atoms with Gasteiger partial charge in [-0.25, -0.2) is 4.98 Å². The van der Waals surface area contributed by atoms with Gasteiger partial charge in [0.15, 0.2) is 0 Å². The molecule has 0 saturated heterocycles. The maximum atomic E-state index is 5.67. The highest BCUT2D eigenvalue weighted by Gasteiger charge is 2.11. The third-order valence-corrected chi connectivity index (χ3v) is 2.64. The molecule has 15 heavy (non-hydrogen) atoms. The molecule has 2 rings (SSSR count). The predicted octanol–water partition coefficient (Wildman–Crippen LogP) is 0.652. The fourth-order valence-electron chi connectivity index (χ4n) is 1.58. The summed E-state index contributed by atoms with van der Waals surface area (Å²) in [6, 6.07) is 1.88. The molecule has 0 aliphatic carbocycles. The molecule has 0 saturated carbocycles. The zero-order valence-corrected chi connectivity index (χ0v) is 8.80. The largest absolute Gasteiger partial charge is 0.330 e. The maximum absolute atomic E-state index is 5.67. The van der Waals surface area contributed by atoms with Crippen molar-refractivity contribution in [1.82, 2.24) is 19.6 Å². The van der Waals surface area contributed by atoms with Crippen molar-refractivity contribution in [2.75, 3.05) is 6.54 Å². The summed E-state index contributed by atoms with van der Waals surface area (Å²) >= 11 is 0. The van der Waals surface area contributed by atoms with Crippen LogP contribution < -0.4 is 5.73 Å². The molecule has 0 aliphatic rings. The van der Waals surface area contributed by atoms with E-state index in [1.165, 1.54) is 0 Å². The van der Waals surface area contributed by atoms with E-state index in [2.05, 4.69) is 22.1 Å². The summed E-state index contributed by atoms with van der Waals surface area (Å²) in [7, 11) is 0. The molecule has 2 aromatic rings. The Bertz CT molecular complexity index is 432. The van der Waals surface area contributed by atoms with E-state index >= 15 is 0 Å². The van der Waals surface area contributed by atoms with Crippen LogP contribution in [-0.4, -0.2) is 26.1 Å². The van der Waals surface area contributed by atoms with Crippen molar-refractivity contribution in [3.05, 3.63) is 24.3 Å². The predicted molar refractivity (Wildman–Crippen MR) is 57.3 cm³/mol. The van der Waals surface area contributed by atoms with Gasteiger partial charge >= 0.3 is 0 Å². The number of rotatable bonds is 4. The van der Waals surface area contributed by atoms with Crippen LogP contribution in [0.1, 0.15) is 19.2 Å². The van der Waals surface area contributed by atoms with Gasteiger partial charge in [-0.1, -0.05) is 13.3 Å². The van der Waals surface area contributed by atoms with E-state index in [-0.39, 0.29) is 0 Å². The molecule has 80 valence electrons. The smallest absolute Gasteiger partial charge is 0.254 e. The van der Waals surface area contributed by atoms with Crippen LogP contribution in [0.2, 0.25) is 0 Å². The first kappa shape index (κ1) is 10.0. The molecule has 0 amide bonds. The van der Waals surface area contributed by atoms with Crippen molar-refractivity contribution < 1.29 is 0 Å². The number of nitrogens with two attached hydrogens (primary N) is 1. The van der Waals surface area contributed by atoms with Gasteiger partial charge in [-0.15, -0.1) is 10.2 Å². The molecule has 1 atom stereocenters. The summed E-state index contributed by atoms with van der Waals surface area (Å²) in [5.74, 6) is 2.06. The van der Waals surface area contributed by atoms with E-state index in [4.69, 9.17) is 5.73 Å². The molecule has 2 aromatic heterocycles. The molecule has 5 heteroatoms. The molecule has 1 unspecified atom stereocenters. The van der Waals surface area contributed by atoms with Crippen LogP contribution in [0, 0.1) is 5.92 Å². The number of hydrogen-bond acceptors (Lipinski definition) is 4. The first-order chi connectivity index (χ1) is 7.35. The molecule has 0 spiro atoms. The summed E-state index contributed by atoms with van der Waals surface area (Å²) in [5, 5.41) is 8.13. The Kier molecular flexibility index (Phi) is 2.91. The van der Waals surface area contributed by atoms with Crippen molar-refractivity contribution in [2.24, 2.45) is 11.7 Å². The molecular weight excluding hydrogens is 190 g/mol. The maximum Gasteiger partial charge on any atom is 0.254 e. The van der Waals surface area contributed by atoms with Gasteiger partial charge in [0.25, 0.3) is 5.78 Å². The van der Waals surface area contributed by atoms with Gasteiger partial charge < -0.3 is 5.73 Å². The zero-order chi connectivity index (χ0) is 10.7. The second-order valence-corrected chi connectivity index (χ2v) is 3.62. The standard InChI is InChI=1S/C10H15N5/c1-2-8(7-11)6-9-13-14-10-12-4-3-5-15(9)10/h3-5,8H,2,6-7,11H2,1H3. The van der Waals surface area contributed by atoms with Gasteiger partial charge in [0.2, 0.25) is 0 Å². The molecule has 0 aromatic carbocycles. The van der Waals surface area contributed by atoms with E-state index in [1.54, 1.807) is 6.20 Å². The highest BCUT2D eigenvalue weighted by atomic mass is 15.3. The fraction of sp³-hybridized carbons (Fsp3) is 0.500. The highest BCUT2D eigenvalue weighted by molar-refractivity contribution is 5.26. The van der Waals surface area contributed by atoms with Gasteiger partial charge in [-0.3, -0.25) is 4.40 Å². The fourth-order valence-corrected chi connectivity index (χ4v) is 1.58. The van der Waals surface area contributed by atoms with Crippen LogP contribution in [0.4, 0.5) is 0 Å². The van der Waals surface area contributed by atoms with Gasteiger partial charge in [0.05, 0.1) is 0 Å². The van der Waals surface area contributed by atoms with E-state index in [0.717, 1.165) is 18.7 Å². The van der Waals surface area contributed by atoms with Gasteiger partial charge in [0.1, 0.15) is 5.82 Å². The van der Waals surface area contributed by atoms with Crippen LogP contribution >= 0.6 is 0 Å². The van der Waals surface area contributed by atoms with E-state index < -0.39 is 0 Å². The van der Waals surface area contributed by atoms with E-state index in [9.17, 15) is 0 Å². The molecule has 0 bridgehead atoms. The molecule has 2 heterocycles. The summed E-state index contributed by atoms with van der Waals surface area (Å²) in [4.78, 5) is 4.12. The minimum absolute atomic E-state index is 0.470. The first-order valence-corrected chi connectivity index (χ1v) is 5.19. The second-order valence-electron chi connectivity index (χ2n) is 3.62. The molecule has 0 fully saturated rings. The average molecular weight is 205 g/mol. The van der Waals surface area contributed by atoms with Crippen LogP contribution in [0.25, 0.3) is 5.78 Å².